The van der Waals surface area contributed by atoms with Crippen LogP contribution in [-0.4, -0.2) is 58.1 Å². The summed E-state index contributed by atoms with van der Waals surface area (Å²) in [5.74, 6) is -2.21. The first kappa shape index (κ1) is 23.4. The zero-order valence-corrected chi connectivity index (χ0v) is 16.0. The van der Waals surface area contributed by atoms with E-state index in [4.69, 9.17) is 4.74 Å². The Morgan fingerprint density at radius 1 is 1.13 bits per heavy atom. The fourth-order valence-corrected chi connectivity index (χ4v) is 2.72. The van der Waals surface area contributed by atoms with E-state index >= 15 is 0 Å². The van der Waals surface area contributed by atoms with E-state index in [9.17, 15) is 38.1 Å². The molecule has 0 bridgehead atoms. The van der Waals surface area contributed by atoms with Gasteiger partial charge in [0, 0.05) is 18.2 Å². The zero-order valence-electron chi connectivity index (χ0n) is 16.0. The van der Waals surface area contributed by atoms with Gasteiger partial charge in [-0.15, -0.1) is 0 Å². The normalized spacial score (nSPS) is 25.6. The van der Waals surface area contributed by atoms with Crippen LogP contribution < -0.4 is 5.32 Å². The second-order valence-corrected chi connectivity index (χ2v) is 6.83. The molecule has 3 atom stereocenters. The van der Waals surface area contributed by atoms with Crippen molar-refractivity contribution >= 4 is 23.5 Å². The quantitative estimate of drug-likeness (QED) is 0.534. The fraction of sp³-hybridized carbons (Fsp3) is 0.400. The van der Waals surface area contributed by atoms with E-state index in [-0.39, 0.29) is 29.7 Å². The highest BCUT2D eigenvalue weighted by molar-refractivity contribution is 5.97. The number of aromatic hydroxyl groups is 1. The molecule has 0 unspecified atom stereocenters. The third-order valence-corrected chi connectivity index (χ3v) is 4.23. The Balaban J connectivity index is 2.43. The largest absolute Gasteiger partial charge is 0.507 e. The first-order valence-corrected chi connectivity index (χ1v) is 9.09. The number of cyclic esters (lactones) is 1. The number of nitrogens with one attached hydrogen (secondary N) is 1. The number of hydrogen-bond donors (Lipinski definition) is 4. The maximum atomic E-state index is 12.5. The Morgan fingerprint density at radius 2 is 1.80 bits per heavy atom. The maximum absolute atomic E-state index is 12.5. The average molecular weight is 429 g/mol. The lowest BCUT2D eigenvalue weighted by Gasteiger charge is -2.17. The number of halogens is 3. The lowest BCUT2D eigenvalue weighted by Crippen LogP contribution is -2.32. The van der Waals surface area contributed by atoms with E-state index in [0.717, 1.165) is 12.1 Å². The van der Waals surface area contributed by atoms with E-state index in [2.05, 4.69) is 5.32 Å². The van der Waals surface area contributed by atoms with Crippen molar-refractivity contribution in [1.29, 1.82) is 0 Å². The van der Waals surface area contributed by atoms with Gasteiger partial charge in [0.2, 0.25) is 0 Å². The van der Waals surface area contributed by atoms with E-state index in [1.807, 2.05) is 0 Å². The lowest BCUT2D eigenvalue weighted by atomic mass is 10.0. The first-order chi connectivity index (χ1) is 14.0. The molecule has 0 spiro atoms. The predicted octanol–water partition coefficient (Wildman–Crippen LogP) is 2.57. The Labute approximate surface area is 170 Å². The summed E-state index contributed by atoms with van der Waals surface area (Å²) in [7, 11) is 0. The molecule has 0 aliphatic carbocycles. The number of fused-ring (bicyclic) bond motifs is 1. The summed E-state index contributed by atoms with van der Waals surface area (Å²) in [6.45, 7) is 0.186. The Morgan fingerprint density at radius 3 is 2.47 bits per heavy atom. The van der Waals surface area contributed by atoms with Crippen LogP contribution in [0.2, 0.25) is 0 Å². The van der Waals surface area contributed by atoms with Crippen molar-refractivity contribution in [3.8, 4) is 5.75 Å². The van der Waals surface area contributed by atoms with Gasteiger partial charge in [-0.2, -0.15) is 13.2 Å². The number of carbonyl (C=O) groups excluding carboxylic acids is 2. The van der Waals surface area contributed by atoms with Crippen LogP contribution in [0.15, 0.2) is 30.4 Å². The summed E-state index contributed by atoms with van der Waals surface area (Å²) in [6, 6.07) is 2.19. The maximum Gasteiger partial charge on any atom is 0.405 e. The van der Waals surface area contributed by atoms with Crippen LogP contribution in [0.1, 0.15) is 35.7 Å². The standard InChI is InChI=1S/C20H22F3NO6/c1-11-4-2-6-14(25)18(28)15(26)7-3-5-12-8-13(24-10-20(21,22)23)9-16(27)17(12)19(29)30-11/h2-3,5-6,8-9,11,15,18,24,26-28H,4,7,10H2,1H3/b5-3+,6-2-/t11-,15-,18+/m0/s1. The van der Waals surface area contributed by atoms with Gasteiger partial charge in [0.1, 0.15) is 30.1 Å². The molecule has 1 aliphatic rings. The van der Waals surface area contributed by atoms with Crippen molar-refractivity contribution in [3.63, 3.8) is 0 Å². The highest BCUT2D eigenvalue weighted by Gasteiger charge is 2.27. The monoisotopic (exact) mass is 429 g/mol. The number of hydrogen-bond acceptors (Lipinski definition) is 7. The second kappa shape index (κ2) is 9.77. The topological polar surface area (TPSA) is 116 Å². The molecule has 30 heavy (non-hydrogen) atoms. The van der Waals surface area contributed by atoms with Crippen LogP contribution in [0.3, 0.4) is 0 Å². The average Bonchev–Trinajstić information content (AvgIpc) is 2.63. The molecule has 1 aliphatic heterocycles. The molecule has 0 aromatic heterocycles. The first-order valence-electron chi connectivity index (χ1n) is 9.09. The highest BCUT2D eigenvalue weighted by atomic mass is 19.4. The minimum absolute atomic E-state index is 0.0393. The van der Waals surface area contributed by atoms with Gasteiger partial charge < -0.3 is 25.4 Å². The van der Waals surface area contributed by atoms with Gasteiger partial charge in [-0.3, -0.25) is 4.79 Å². The minimum Gasteiger partial charge on any atom is -0.507 e. The van der Waals surface area contributed by atoms with Crippen LogP contribution in [0.5, 0.6) is 5.75 Å². The summed E-state index contributed by atoms with van der Waals surface area (Å²) in [6.07, 6.45) is -3.31. The van der Waals surface area contributed by atoms with Gasteiger partial charge in [-0.1, -0.05) is 18.2 Å². The Kier molecular flexibility index (Phi) is 7.63. The van der Waals surface area contributed by atoms with Crippen molar-refractivity contribution in [2.75, 3.05) is 11.9 Å². The number of phenolic OH excluding ortho intramolecular Hbond substituents is 1. The van der Waals surface area contributed by atoms with E-state index in [0.29, 0.717) is 0 Å². The number of phenols is 1. The zero-order chi connectivity index (χ0) is 22.5. The summed E-state index contributed by atoms with van der Waals surface area (Å²) in [5, 5.41) is 32.2. The molecule has 10 heteroatoms. The number of rotatable bonds is 2. The van der Waals surface area contributed by atoms with Crippen molar-refractivity contribution in [1.82, 2.24) is 0 Å². The molecule has 0 radical (unpaired) electrons. The van der Waals surface area contributed by atoms with Crippen LogP contribution in [0.4, 0.5) is 18.9 Å². The van der Waals surface area contributed by atoms with Crippen molar-refractivity contribution in [3.05, 3.63) is 41.5 Å². The number of carbonyl (C=O) groups is 2. The number of ketones is 1. The third-order valence-electron chi connectivity index (χ3n) is 4.23. The summed E-state index contributed by atoms with van der Waals surface area (Å²) >= 11 is 0. The number of ether oxygens (including phenoxy) is 1. The molecular formula is C20H22F3NO6. The molecule has 4 N–H and O–H groups in total. The molecule has 0 amide bonds. The molecular weight excluding hydrogens is 407 g/mol. The fourth-order valence-electron chi connectivity index (χ4n) is 2.72. The van der Waals surface area contributed by atoms with Gasteiger partial charge in [0.25, 0.3) is 0 Å². The molecule has 0 saturated heterocycles. The smallest absolute Gasteiger partial charge is 0.405 e. The molecule has 1 heterocycles. The summed E-state index contributed by atoms with van der Waals surface area (Å²) < 4.78 is 42.6. The molecule has 1 aromatic rings. The Bertz CT molecular complexity index is 850. The molecule has 0 saturated carbocycles. The van der Waals surface area contributed by atoms with Crippen molar-refractivity contribution < 1.29 is 42.8 Å². The number of alkyl halides is 3. The molecule has 7 nitrogen and oxygen atoms in total. The summed E-state index contributed by atoms with van der Waals surface area (Å²) in [5.41, 5.74) is -0.311. The highest BCUT2D eigenvalue weighted by Crippen LogP contribution is 2.30. The van der Waals surface area contributed by atoms with E-state index in [1.54, 1.807) is 0 Å². The number of aliphatic hydroxyl groups is 2. The van der Waals surface area contributed by atoms with Gasteiger partial charge in [0.05, 0.1) is 6.10 Å². The van der Waals surface area contributed by atoms with Gasteiger partial charge in [-0.25, -0.2) is 4.79 Å². The van der Waals surface area contributed by atoms with Gasteiger partial charge >= 0.3 is 12.1 Å². The van der Waals surface area contributed by atoms with Crippen LogP contribution in [0.25, 0.3) is 6.08 Å². The van der Waals surface area contributed by atoms with Gasteiger partial charge in [-0.05, 0) is 31.1 Å². The number of anilines is 1. The predicted molar refractivity (Wildman–Crippen MR) is 102 cm³/mol. The molecule has 1 aromatic carbocycles. The van der Waals surface area contributed by atoms with E-state index < -0.39 is 48.5 Å². The summed E-state index contributed by atoms with van der Waals surface area (Å²) in [4.78, 5) is 24.4. The number of aliphatic hydroxyl groups excluding tert-OH is 2. The van der Waals surface area contributed by atoms with Crippen LogP contribution in [0, 0.1) is 0 Å². The van der Waals surface area contributed by atoms with Crippen molar-refractivity contribution in [2.45, 2.75) is 44.3 Å². The van der Waals surface area contributed by atoms with Crippen LogP contribution in [-0.2, 0) is 9.53 Å². The van der Waals surface area contributed by atoms with E-state index in [1.165, 1.54) is 31.2 Å². The SMILES string of the molecule is C[C@H]1C/C=C\C(=O)[C@@H](O)[C@@H](O)C/C=C/c2cc(NCC(F)(F)F)cc(O)c2C(=O)O1. The molecule has 0 fully saturated rings. The lowest BCUT2D eigenvalue weighted by molar-refractivity contribution is -0.127. The number of esters is 1. The number of benzene rings is 1. The molecule has 2 rings (SSSR count). The third kappa shape index (κ3) is 6.60. The van der Waals surface area contributed by atoms with Crippen LogP contribution >= 0.6 is 0 Å². The second-order valence-electron chi connectivity index (χ2n) is 6.83. The van der Waals surface area contributed by atoms with Crippen molar-refractivity contribution in [2.24, 2.45) is 0 Å². The van der Waals surface area contributed by atoms with Gasteiger partial charge in [0.15, 0.2) is 5.78 Å². The minimum atomic E-state index is -4.49. The Hall–Kier alpha value is -2.85. The molecule has 164 valence electrons.